The number of aromatic nitrogens is 2. The molecule has 2 atom stereocenters. The minimum Gasteiger partial charge on any atom is -0.394 e. The number of hydrogen-bond acceptors (Lipinski definition) is 4. The van der Waals surface area contributed by atoms with Crippen molar-refractivity contribution in [2.75, 3.05) is 11.6 Å². The molecule has 0 amide bonds. The lowest BCUT2D eigenvalue weighted by Crippen LogP contribution is -2.35. The van der Waals surface area contributed by atoms with Gasteiger partial charge in [-0.1, -0.05) is 22.9 Å². The molecule has 2 heterocycles. The molecule has 0 radical (unpaired) electrons. The first-order chi connectivity index (χ1) is 10.1. The number of benzene rings is 1. The van der Waals surface area contributed by atoms with Crippen molar-refractivity contribution in [1.82, 2.24) is 9.78 Å². The molecule has 1 N–H and O–H groups in total. The second-order valence-corrected chi connectivity index (χ2v) is 6.14. The van der Waals surface area contributed by atoms with Crippen LogP contribution in [-0.4, -0.2) is 33.2 Å². The van der Waals surface area contributed by atoms with Crippen LogP contribution in [0.1, 0.15) is 12.6 Å². The van der Waals surface area contributed by atoms with Crippen LogP contribution in [0.25, 0.3) is 0 Å². The van der Waals surface area contributed by atoms with Crippen LogP contribution in [0, 0.1) is 5.92 Å². The summed E-state index contributed by atoms with van der Waals surface area (Å²) in [6.45, 7) is 2.13. The molecule has 1 aliphatic heterocycles. The first-order valence-corrected chi connectivity index (χ1v) is 7.63. The highest BCUT2D eigenvalue weighted by molar-refractivity contribution is 9.10. The van der Waals surface area contributed by atoms with Crippen molar-refractivity contribution < 1.29 is 5.11 Å². The van der Waals surface area contributed by atoms with Crippen LogP contribution in [0.2, 0.25) is 0 Å². The van der Waals surface area contributed by atoms with Crippen LogP contribution in [0.4, 0.5) is 5.69 Å². The molecule has 3 rings (SSSR count). The van der Waals surface area contributed by atoms with Crippen LogP contribution < -0.4 is 5.01 Å². The molecule has 0 spiro atoms. The maximum atomic E-state index is 9.74. The summed E-state index contributed by atoms with van der Waals surface area (Å²) in [7, 11) is 1.89. The standard InChI is InChI=1S/C15H17BrN4O/c1-10-14(9-21)20(12-5-3-11(16)4-6-12)18-15(10)13-7-8-19(2)17-13/h3-8,10,14,21H,9H2,1-2H3. The number of halogens is 1. The lowest BCUT2D eigenvalue weighted by atomic mass is 9.96. The summed E-state index contributed by atoms with van der Waals surface area (Å²) in [6.07, 6.45) is 1.90. The molecule has 5 nitrogen and oxygen atoms in total. The monoisotopic (exact) mass is 348 g/mol. The summed E-state index contributed by atoms with van der Waals surface area (Å²) in [5, 5.41) is 20.8. The molecule has 1 aromatic carbocycles. The summed E-state index contributed by atoms with van der Waals surface area (Å²) < 4.78 is 2.79. The summed E-state index contributed by atoms with van der Waals surface area (Å²) in [5.41, 5.74) is 2.75. The van der Waals surface area contributed by atoms with Gasteiger partial charge in [-0.3, -0.25) is 9.69 Å². The van der Waals surface area contributed by atoms with Crippen LogP contribution in [0.15, 0.2) is 46.1 Å². The zero-order valence-corrected chi connectivity index (χ0v) is 13.5. The first kappa shape index (κ1) is 14.3. The Kier molecular flexibility index (Phi) is 3.82. The molecular weight excluding hydrogens is 332 g/mol. The first-order valence-electron chi connectivity index (χ1n) is 6.84. The molecule has 2 unspecified atom stereocenters. The molecule has 0 bridgehead atoms. The molecule has 0 fully saturated rings. The average Bonchev–Trinajstić information content (AvgIpc) is 3.03. The topological polar surface area (TPSA) is 53.7 Å². The molecular formula is C15H17BrN4O. The zero-order chi connectivity index (χ0) is 15.0. The van der Waals surface area contributed by atoms with Gasteiger partial charge in [-0.25, -0.2) is 0 Å². The van der Waals surface area contributed by atoms with Crippen LogP contribution in [-0.2, 0) is 7.05 Å². The summed E-state index contributed by atoms with van der Waals surface area (Å²) in [6, 6.07) is 9.82. The van der Waals surface area contributed by atoms with E-state index in [0.29, 0.717) is 0 Å². The number of aliphatic hydroxyl groups is 1. The second-order valence-electron chi connectivity index (χ2n) is 5.22. The summed E-state index contributed by atoms with van der Waals surface area (Å²) >= 11 is 3.43. The maximum Gasteiger partial charge on any atom is 0.109 e. The quantitative estimate of drug-likeness (QED) is 0.926. The van der Waals surface area contributed by atoms with Crippen molar-refractivity contribution in [2.24, 2.45) is 18.1 Å². The van der Waals surface area contributed by atoms with Crippen molar-refractivity contribution >= 4 is 27.3 Å². The van der Waals surface area contributed by atoms with Crippen molar-refractivity contribution in [3.05, 3.63) is 46.7 Å². The van der Waals surface area contributed by atoms with Crippen LogP contribution in [0.3, 0.4) is 0 Å². The van der Waals surface area contributed by atoms with Gasteiger partial charge in [-0.15, -0.1) is 0 Å². The van der Waals surface area contributed by atoms with E-state index < -0.39 is 0 Å². The Labute approximate surface area is 132 Å². The third kappa shape index (κ3) is 2.61. The summed E-state index contributed by atoms with van der Waals surface area (Å²) in [5.74, 6) is 0.119. The fourth-order valence-electron chi connectivity index (χ4n) is 2.59. The van der Waals surface area contributed by atoms with Gasteiger partial charge in [0.15, 0.2) is 0 Å². The molecule has 0 aliphatic carbocycles. The van der Waals surface area contributed by atoms with E-state index in [2.05, 4.69) is 28.0 Å². The Balaban J connectivity index is 1.98. The Morgan fingerprint density at radius 2 is 1.95 bits per heavy atom. The fourth-order valence-corrected chi connectivity index (χ4v) is 2.85. The van der Waals surface area contributed by atoms with E-state index in [9.17, 15) is 5.11 Å². The Bertz CT molecular complexity index is 665. The largest absolute Gasteiger partial charge is 0.394 e. The molecule has 6 heteroatoms. The van der Waals surface area contributed by atoms with Crippen LogP contribution in [0.5, 0.6) is 0 Å². The van der Waals surface area contributed by atoms with Crippen molar-refractivity contribution in [1.29, 1.82) is 0 Å². The molecule has 1 aliphatic rings. The number of rotatable bonds is 3. The highest BCUT2D eigenvalue weighted by Gasteiger charge is 2.36. The van der Waals surface area contributed by atoms with Gasteiger partial charge in [0.1, 0.15) is 5.69 Å². The van der Waals surface area contributed by atoms with E-state index in [1.54, 1.807) is 4.68 Å². The van der Waals surface area contributed by atoms with E-state index in [1.807, 2.05) is 48.6 Å². The SMILES string of the molecule is CC1C(c2ccn(C)n2)=NN(c2ccc(Br)cc2)C1CO. The average molecular weight is 349 g/mol. The van der Waals surface area contributed by atoms with Gasteiger partial charge < -0.3 is 5.11 Å². The second kappa shape index (κ2) is 5.61. The lowest BCUT2D eigenvalue weighted by Gasteiger charge is -2.24. The number of hydrazone groups is 1. The summed E-state index contributed by atoms with van der Waals surface area (Å²) in [4.78, 5) is 0. The van der Waals surface area contributed by atoms with Gasteiger partial charge in [0.2, 0.25) is 0 Å². The predicted molar refractivity (Wildman–Crippen MR) is 86.4 cm³/mol. The zero-order valence-electron chi connectivity index (χ0n) is 11.9. The third-order valence-corrected chi connectivity index (χ3v) is 4.32. The van der Waals surface area contributed by atoms with Gasteiger partial charge in [-0.2, -0.15) is 10.2 Å². The smallest absolute Gasteiger partial charge is 0.109 e. The van der Waals surface area contributed by atoms with E-state index in [-0.39, 0.29) is 18.6 Å². The van der Waals surface area contributed by atoms with Gasteiger partial charge in [0.25, 0.3) is 0 Å². The van der Waals surface area contributed by atoms with E-state index in [1.165, 1.54) is 0 Å². The van der Waals surface area contributed by atoms with Gasteiger partial charge in [-0.05, 0) is 30.3 Å². The molecule has 0 saturated heterocycles. The van der Waals surface area contributed by atoms with Gasteiger partial charge in [0, 0.05) is 23.6 Å². The van der Waals surface area contributed by atoms with Crippen molar-refractivity contribution in [2.45, 2.75) is 13.0 Å². The number of aliphatic hydroxyl groups excluding tert-OH is 1. The molecule has 0 saturated carbocycles. The highest BCUT2D eigenvalue weighted by atomic mass is 79.9. The Hall–Kier alpha value is -1.66. The predicted octanol–water partition coefficient (Wildman–Crippen LogP) is 2.40. The third-order valence-electron chi connectivity index (χ3n) is 3.79. The molecule has 21 heavy (non-hydrogen) atoms. The number of aryl methyl sites for hydroxylation is 1. The Morgan fingerprint density at radius 3 is 2.52 bits per heavy atom. The Morgan fingerprint density at radius 1 is 1.24 bits per heavy atom. The lowest BCUT2D eigenvalue weighted by molar-refractivity contribution is 0.250. The van der Waals surface area contributed by atoms with Crippen LogP contribution >= 0.6 is 15.9 Å². The minimum atomic E-state index is -0.0665. The number of hydrogen-bond donors (Lipinski definition) is 1. The normalized spacial score (nSPS) is 21.7. The van der Waals surface area contributed by atoms with Crippen molar-refractivity contribution in [3.63, 3.8) is 0 Å². The maximum absolute atomic E-state index is 9.74. The van der Waals surface area contributed by atoms with E-state index in [0.717, 1.165) is 21.6 Å². The van der Waals surface area contributed by atoms with E-state index in [4.69, 9.17) is 5.10 Å². The highest BCUT2D eigenvalue weighted by Crippen LogP contribution is 2.30. The minimum absolute atomic E-state index is 0.0526. The molecule has 1 aromatic heterocycles. The molecule has 2 aromatic rings. The van der Waals surface area contributed by atoms with Gasteiger partial charge >= 0.3 is 0 Å². The number of nitrogens with zero attached hydrogens (tertiary/aromatic N) is 4. The fraction of sp³-hybridized carbons (Fsp3) is 0.333. The van der Waals surface area contributed by atoms with Gasteiger partial charge in [0.05, 0.1) is 24.0 Å². The van der Waals surface area contributed by atoms with E-state index >= 15 is 0 Å². The van der Waals surface area contributed by atoms with Crippen molar-refractivity contribution in [3.8, 4) is 0 Å². The molecule has 110 valence electrons. The number of anilines is 1.